The Hall–Kier alpha value is -1.40. The van der Waals surface area contributed by atoms with Gasteiger partial charge in [-0.1, -0.05) is 0 Å². The molecule has 1 aromatic heterocycles. The molecule has 0 radical (unpaired) electrons. The van der Waals surface area contributed by atoms with Crippen molar-refractivity contribution in [1.82, 2.24) is 0 Å². The van der Waals surface area contributed by atoms with Crippen LogP contribution in [0.3, 0.4) is 0 Å². The van der Waals surface area contributed by atoms with Crippen molar-refractivity contribution in [1.29, 1.82) is 0 Å². The molecule has 1 spiro atoms. The van der Waals surface area contributed by atoms with E-state index in [2.05, 4.69) is 6.92 Å². The van der Waals surface area contributed by atoms with Crippen LogP contribution in [0.5, 0.6) is 0 Å². The molecule has 2 aromatic rings. The van der Waals surface area contributed by atoms with E-state index in [-0.39, 0.29) is 21.8 Å². The van der Waals surface area contributed by atoms with Gasteiger partial charge in [-0.2, -0.15) is 0 Å². The largest absolute Gasteiger partial charge is 0.455 e. The van der Waals surface area contributed by atoms with Crippen LogP contribution in [-0.2, 0) is 16.9 Å². The van der Waals surface area contributed by atoms with E-state index in [1.54, 1.807) is 12.1 Å². The van der Waals surface area contributed by atoms with Crippen molar-refractivity contribution in [2.75, 3.05) is 16.4 Å². The first-order valence-corrected chi connectivity index (χ1v) is 12.0. The van der Waals surface area contributed by atoms with Gasteiger partial charge in [0.05, 0.1) is 4.08 Å². The Balaban J connectivity index is 1.58. The molecule has 3 heterocycles. The van der Waals surface area contributed by atoms with Gasteiger partial charge in [0.15, 0.2) is 5.76 Å². The second kappa shape index (κ2) is 6.84. The van der Waals surface area contributed by atoms with Gasteiger partial charge < -0.3 is 9.32 Å². The number of hydrogen-bond acceptors (Lipinski definition) is 4. The number of aryl methyl sites for hydroxylation is 2. The highest BCUT2D eigenvalue weighted by Crippen LogP contribution is 2.59. The molecule has 1 atom stereocenters. The molecule has 6 heteroatoms. The number of hydrogen-bond donors (Lipinski definition) is 0. The van der Waals surface area contributed by atoms with E-state index in [1.165, 1.54) is 11.6 Å². The molecule has 28 heavy (non-hydrogen) atoms. The summed E-state index contributed by atoms with van der Waals surface area (Å²) >= 11 is 4.02. The molecule has 1 saturated heterocycles. The van der Waals surface area contributed by atoms with E-state index >= 15 is 0 Å². The summed E-state index contributed by atoms with van der Waals surface area (Å²) in [5, 5.41) is 0. The molecule has 0 saturated carbocycles. The Morgan fingerprint density at radius 3 is 2.86 bits per heavy atom. The Bertz CT molecular complexity index is 948. The standard InChI is InChI=1S/C22H24FNO2S2/c1-13-5-6-15-12-16(23)7-8-17(15)24(13)21(25)20-14(2)19-18(26-20)4-3-9-22(19)27-10-11-28-22/h7-8,12-13H,3-6,9-11H2,1-2H3/t13-/m1/s1. The summed E-state index contributed by atoms with van der Waals surface area (Å²) in [7, 11) is 0. The number of benzene rings is 1. The molecule has 1 fully saturated rings. The zero-order chi connectivity index (χ0) is 19.5. The van der Waals surface area contributed by atoms with Gasteiger partial charge in [-0.05, 0) is 63.3 Å². The maximum atomic E-state index is 13.7. The molecule has 1 amide bonds. The van der Waals surface area contributed by atoms with Gasteiger partial charge in [0.1, 0.15) is 11.6 Å². The predicted molar refractivity (Wildman–Crippen MR) is 114 cm³/mol. The van der Waals surface area contributed by atoms with Crippen LogP contribution >= 0.6 is 23.5 Å². The molecule has 2 aliphatic heterocycles. The Morgan fingerprint density at radius 1 is 1.29 bits per heavy atom. The molecule has 0 N–H and O–H groups in total. The molecule has 3 aliphatic rings. The number of carbonyl (C=O) groups excluding carboxylic acids is 1. The van der Waals surface area contributed by atoms with E-state index in [9.17, 15) is 9.18 Å². The first kappa shape index (κ1) is 18.6. The maximum absolute atomic E-state index is 13.7. The summed E-state index contributed by atoms with van der Waals surface area (Å²) < 4.78 is 20.0. The van der Waals surface area contributed by atoms with Gasteiger partial charge in [-0.25, -0.2) is 4.39 Å². The molecular formula is C22H24FNO2S2. The Morgan fingerprint density at radius 2 is 2.07 bits per heavy atom. The number of carbonyl (C=O) groups is 1. The molecule has 148 valence electrons. The third kappa shape index (κ3) is 2.75. The average Bonchev–Trinajstić information content (AvgIpc) is 3.27. The second-order valence-corrected chi connectivity index (χ2v) is 11.0. The lowest BCUT2D eigenvalue weighted by Crippen LogP contribution is -2.42. The lowest BCUT2D eigenvalue weighted by molar-refractivity contribution is 0.0945. The summed E-state index contributed by atoms with van der Waals surface area (Å²) in [5.74, 6) is 3.44. The van der Waals surface area contributed by atoms with Crippen molar-refractivity contribution < 1.29 is 13.6 Å². The van der Waals surface area contributed by atoms with E-state index < -0.39 is 0 Å². The van der Waals surface area contributed by atoms with E-state index in [0.717, 1.165) is 66.2 Å². The number of fused-ring (bicyclic) bond motifs is 3. The Labute approximate surface area is 173 Å². The first-order chi connectivity index (χ1) is 13.5. The normalized spacial score (nSPS) is 23.0. The van der Waals surface area contributed by atoms with Crippen molar-refractivity contribution in [2.24, 2.45) is 0 Å². The lowest BCUT2D eigenvalue weighted by Gasteiger charge is -2.35. The van der Waals surface area contributed by atoms with Gasteiger partial charge in [-0.15, -0.1) is 23.5 Å². The van der Waals surface area contributed by atoms with Gasteiger partial charge in [0.2, 0.25) is 0 Å². The molecule has 5 rings (SSSR count). The monoisotopic (exact) mass is 417 g/mol. The summed E-state index contributed by atoms with van der Waals surface area (Å²) in [6.07, 6.45) is 4.78. The number of anilines is 1. The smallest absolute Gasteiger partial charge is 0.294 e. The van der Waals surface area contributed by atoms with Gasteiger partial charge in [0, 0.05) is 40.8 Å². The average molecular weight is 418 g/mol. The predicted octanol–water partition coefficient (Wildman–Crippen LogP) is 5.68. The lowest BCUT2D eigenvalue weighted by atomic mass is 9.93. The highest BCUT2D eigenvalue weighted by molar-refractivity contribution is 8.20. The minimum absolute atomic E-state index is 0.0637. The fraction of sp³-hybridized carbons (Fsp3) is 0.500. The minimum atomic E-state index is -0.248. The van der Waals surface area contributed by atoms with Crippen LogP contribution in [0.4, 0.5) is 10.1 Å². The van der Waals surface area contributed by atoms with Crippen LogP contribution in [0.1, 0.15) is 59.2 Å². The Kier molecular flexibility index (Phi) is 4.55. The van der Waals surface area contributed by atoms with Gasteiger partial charge >= 0.3 is 0 Å². The van der Waals surface area contributed by atoms with Gasteiger partial charge in [-0.3, -0.25) is 4.79 Å². The van der Waals surface area contributed by atoms with Crippen molar-refractivity contribution in [3.63, 3.8) is 0 Å². The zero-order valence-electron chi connectivity index (χ0n) is 16.2. The molecular weight excluding hydrogens is 393 g/mol. The third-order valence-corrected chi connectivity index (χ3v) is 9.78. The maximum Gasteiger partial charge on any atom is 0.294 e. The van der Waals surface area contributed by atoms with Crippen LogP contribution < -0.4 is 4.90 Å². The fourth-order valence-corrected chi connectivity index (χ4v) is 8.50. The number of nitrogens with zero attached hydrogens (tertiary/aromatic N) is 1. The highest BCUT2D eigenvalue weighted by Gasteiger charge is 2.46. The summed E-state index contributed by atoms with van der Waals surface area (Å²) in [6.45, 7) is 4.11. The minimum Gasteiger partial charge on any atom is -0.455 e. The molecule has 0 unspecified atom stereocenters. The molecule has 1 aliphatic carbocycles. The topological polar surface area (TPSA) is 33.5 Å². The number of furan rings is 1. The van der Waals surface area contributed by atoms with E-state index in [4.69, 9.17) is 4.42 Å². The first-order valence-electron chi connectivity index (χ1n) is 10.0. The van der Waals surface area contributed by atoms with Crippen molar-refractivity contribution in [3.8, 4) is 0 Å². The number of thioether (sulfide) groups is 2. The van der Waals surface area contributed by atoms with Crippen LogP contribution in [0.2, 0.25) is 0 Å². The highest BCUT2D eigenvalue weighted by atomic mass is 32.2. The number of halogens is 1. The summed E-state index contributed by atoms with van der Waals surface area (Å²) in [5.41, 5.74) is 3.98. The van der Waals surface area contributed by atoms with Crippen LogP contribution in [0.25, 0.3) is 0 Å². The quantitative estimate of drug-likeness (QED) is 0.598. The summed E-state index contributed by atoms with van der Waals surface area (Å²) in [6, 6.07) is 4.80. The fourth-order valence-electron chi connectivity index (χ4n) is 4.94. The SMILES string of the molecule is Cc1c(C(=O)N2c3ccc(F)cc3CC[C@H]2C)oc2c1C1(CCC2)SCCS1. The van der Waals surface area contributed by atoms with Crippen LogP contribution in [0, 0.1) is 12.7 Å². The zero-order valence-corrected chi connectivity index (χ0v) is 17.9. The van der Waals surface area contributed by atoms with Gasteiger partial charge in [0.25, 0.3) is 5.91 Å². The second-order valence-electron chi connectivity index (χ2n) is 7.99. The number of amides is 1. The molecule has 0 bridgehead atoms. The molecule has 1 aromatic carbocycles. The van der Waals surface area contributed by atoms with Crippen molar-refractivity contribution >= 4 is 35.1 Å². The molecule has 3 nitrogen and oxygen atoms in total. The van der Waals surface area contributed by atoms with Crippen molar-refractivity contribution in [2.45, 2.75) is 56.1 Å². The third-order valence-electron chi connectivity index (χ3n) is 6.25. The van der Waals surface area contributed by atoms with Crippen LogP contribution in [-0.4, -0.2) is 23.5 Å². The van der Waals surface area contributed by atoms with E-state index in [1.807, 2.05) is 35.3 Å². The number of rotatable bonds is 1. The van der Waals surface area contributed by atoms with Crippen LogP contribution in [0.15, 0.2) is 22.6 Å². The van der Waals surface area contributed by atoms with Crippen molar-refractivity contribution in [3.05, 3.63) is 52.2 Å². The summed E-state index contributed by atoms with van der Waals surface area (Å²) in [4.78, 5) is 15.4. The van der Waals surface area contributed by atoms with E-state index in [0.29, 0.717) is 5.76 Å².